The van der Waals surface area contributed by atoms with Gasteiger partial charge in [-0.05, 0) is 23.8 Å². The lowest BCUT2D eigenvalue weighted by Crippen LogP contribution is -2.21. The molecule has 2 aromatic heterocycles. The third kappa shape index (κ3) is 2.13. The van der Waals surface area contributed by atoms with Crippen molar-refractivity contribution in [2.24, 2.45) is 12.8 Å². The van der Waals surface area contributed by atoms with E-state index >= 15 is 0 Å². The number of hydrogen-bond donors (Lipinski definition) is 1. The molecule has 1 atom stereocenters. The average Bonchev–Trinajstić information content (AvgIpc) is 3.02. The van der Waals surface area contributed by atoms with Crippen molar-refractivity contribution in [1.82, 2.24) is 9.55 Å². The minimum Gasteiger partial charge on any atom is -0.439 e. The molecule has 1 unspecified atom stereocenters. The van der Waals surface area contributed by atoms with Crippen LogP contribution in [-0.2, 0) is 7.05 Å². The summed E-state index contributed by atoms with van der Waals surface area (Å²) in [6.45, 7) is 0. The zero-order valence-corrected chi connectivity index (χ0v) is 13.4. The maximum Gasteiger partial charge on any atom is 0.205 e. The number of hydrogen-bond acceptors (Lipinski definition) is 5. The first-order valence-corrected chi connectivity index (χ1v) is 7.64. The van der Waals surface area contributed by atoms with E-state index in [4.69, 9.17) is 15.7 Å². The number of nitrogens with two attached hydrogens (primary N) is 1. The highest BCUT2D eigenvalue weighted by atomic mass is 16.5. The van der Waals surface area contributed by atoms with Gasteiger partial charge in [0.25, 0.3) is 0 Å². The van der Waals surface area contributed by atoms with Crippen LogP contribution in [-0.4, -0.2) is 9.55 Å². The molecule has 1 aliphatic rings. The van der Waals surface area contributed by atoms with Crippen LogP contribution in [0.1, 0.15) is 22.6 Å². The van der Waals surface area contributed by atoms with Crippen LogP contribution in [0, 0.1) is 22.7 Å². The van der Waals surface area contributed by atoms with Gasteiger partial charge < -0.3 is 15.0 Å². The first-order chi connectivity index (χ1) is 12.1. The van der Waals surface area contributed by atoms with Crippen molar-refractivity contribution in [2.45, 2.75) is 5.92 Å². The molecule has 1 aromatic carbocycles. The van der Waals surface area contributed by atoms with E-state index in [1.165, 1.54) is 6.20 Å². The van der Waals surface area contributed by atoms with Crippen LogP contribution < -0.4 is 10.5 Å². The Morgan fingerprint density at radius 2 is 2.04 bits per heavy atom. The maximum atomic E-state index is 9.61. The summed E-state index contributed by atoms with van der Waals surface area (Å²) in [7, 11) is 1.95. The SMILES string of the molecule is Cn1ccc2c3c(ccc21)C(c1cncc(C#N)c1)C(C#N)=C(N)O3. The summed E-state index contributed by atoms with van der Waals surface area (Å²) in [4.78, 5) is 4.12. The molecule has 2 N–H and O–H groups in total. The zero-order valence-electron chi connectivity index (χ0n) is 13.4. The quantitative estimate of drug-likeness (QED) is 0.740. The molecule has 0 saturated carbocycles. The Labute approximate surface area is 144 Å². The number of benzene rings is 1. The van der Waals surface area contributed by atoms with E-state index in [0.29, 0.717) is 16.9 Å². The number of fused-ring (bicyclic) bond motifs is 3. The van der Waals surface area contributed by atoms with Crippen LogP contribution in [0.15, 0.2) is 54.3 Å². The number of nitrogens with zero attached hydrogens (tertiary/aromatic N) is 4. The molecule has 4 rings (SSSR count). The Bertz CT molecular complexity index is 1130. The van der Waals surface area contributed by atoms with E-state index < -0.39 is 5.92 Å². The average molecular weight is 327 g/mol. The molecule has 0 fully saturated rings. The molecular weight excluding hydrogens is 314 g/mol. The molecule has 0 amide bonds. The van der Waals surface area contributed by atoms with Gasteiger partial charge in [0.2, 0.25) is 5.88 Å². The first-order valence-electron chi connectivity index (χ1n) is 7.64. The monoisotopic (exact) mass is 327 g/mol. The summed E-state index contributed by atoms with van der Waals surface area (Å²) in [5.41, 5.74) is 9.37. The summed E-state index contributed by atoms with van der Waals surface area (Å²) < 4.78 is 7.80. The van der Waals surface area contributed by atoms with E-state index in [0.717, 1.165) is 22.0 Å². The molecule has 3 aromatic rings. The van der Waals surface area contributed by atoms with Gasteiger partial charge in [-0.2, -0.15) is 10.5 Å². The van der Waals surface area contributed by atoms with Crippen LogP contribution in [0.3, 0.4) is 0 Å². The number of allylic oxidation sites excluding steroid dienone is 1. The van der Waals surface area contributed by atoms with Crippen molar-refractivity contribution >= 4 is 10.9 Å². The Kier molecular flexibility index (Phi) is 3.19. The summed E-state index contributed by atoms with van der Waals surface area (Å²) >= 11 is 0. The Morgan fingerprint density at radius 1 is 1.20 bits per heavy atom. The number of rotatable bonds is 1. The molecule has 6 nitrogen and oxygen atoms in total. The van der Waals surface area contributed by atoms with E-state index in [-0.39, 0.29) is 5.88 Å². The van der Waals surface area contributed by atoms with Crippen molar-refractivity contribution in [3.05, 3.63) is 71.0 Å². The fourth-order valence-electron chi connectivity index (χ4n) is 3.29. The minimum absolute atomic E-state index is 0.0821. The molecule has 0 radical (unpaired) electrons. The Balaban J connectivity index is 2.01. The third-order valence-corrected chi connectivity index (χ3v) is 4.47. The number of aryl methyl sites for hydroxylation is 1. The molecule has 120 valence electrons. The first kappa shape index (κ1) is 14.8. The molecule has 0 saturated heterocycles. The molecule has 6 heteroatoms. The topological polar surface area (TPSA) is 101 Å². The molecular formula is C19H13N5O. The Hall–Kier alpha value is -3.77. The van der Waals surface area contributed by atoms with Crippen molar-refractivity contribution in [2.75, 3.05) is 0 Å². The van der Waals surface area contributed by atoms with Gasteiger partial charge in [0.05, 0.1) is 17.0 Å². The van der Waals surface area contributed by atoms with Gasteiger partial charge in [-0.1, -0.05) is 6.07 Å². The lowest BCUT2D eigenvalue weighted by molar-refractivity contribution is 0.398. The predicted octanol–water partition coefficient (Wildman–Crippen LogP) is 2.66. The highest BCUT2D eigenvalue weighted by Crippen LogP contribution is 2.45. The van der Waals surface area contributed by atoms with Crippen LogP contribution in [0.5, 0.6) is 5.75 Å². The van der Waals surface area contributed by atoms with Gasteiger partial charge in [-0.15, -0.1) is 0 Å². The van der Waals surface area contributed by atoms with E-state index in [2.05, 4.69) is 17.1 Å². The highest BCUT2D eigenvalue weighted by Gasteiger charge is 2.32. The summed E-state index contributed by atoms with van der Waals surface area (Å²) in [6, 6.07) is 11.8. The van der Waals surface area contributed by atoms with Crippen molar-refractivity contribution in [1.29, 1.82) is 10.5 Å². The largest absolute Gasteiger partial charge is 0.439 e. The second-order valence-corrected chi connectivity index (χ2v) is 5.89. The normalized spacial score (nSPS) is 16.0. The molecule has 1 aliphatic heterocycles. The molecule has 0 bridgehead atoms. The van der Waals surface area contributed by atoms with Crippen molar-refractivity contribution in [3.63, 3.8) is 0 Å². The molecule has 0 aliphatic carbocycles. The summed E-state index contributed by atoms with van der Waals surface area (Å²) in [6.07, 6.45) is 5.09. The minimum atomic E-state index is -0.417. The van der Waals surface area contributed by atoms with E-state index in [1.54, 1.807) is 12.3 Å². The van der Waals surface area contributed by atoms with Gasteiger partial charge in [0.1, 0.15) is 23.5 Å². The summed E-state index contributed by atoms with van der Waals surface area (Å²) in [5.74, 6) is 0.305. The van der Waals surface area contributed by atoms with Gasteiger partial charge in [0.15, 0.2) is 0 Å². The van der Waals surface area contributed by atoms with E-state index in [9.17, 15) is 5.26 Å². The highest BCUT2D eigenvalue weighted by molar-refractivity contribution is 5.89. The molecule has 3 heterocycles. The van der Waals surface area contributed by atoms with Crippen molar-refractivity contribution in [3.8, 4) is 17.9 Å². The van der Waals surface area contributed by atoms with Gasteiger partial charge >= 0.3 is 0 Å². The number of aromatic nitrogens is 2. The standard InChI is InChI=1S/C19H13N5O/c1-24-5-4-13-16(24)3-2-14-17(12-6-11(7-20)9-23-10-12)15(8-21)19(22)25-18(13)14/h2-6,9-10,17H,22H2,1H3. The van der Waals surface area contributed by atoms with Gasteiger partial charge in [-0.3, -0.25) is 4.98 Å². The van der Waals surface area contributed by atoms with Crippen LogP contribution in [0.2, 0.25) is 0 Å². The van der Waals surface area contributed by atoms with Crippen molar-refractivity contribution < 1.29 is 4.74 Å². The lowest BCUT2D eigenvalue weighted by atomic mass is 9.83. The second-order valence-electron chi connectivity index (χ2n) is 5.89. The summed E-state index contributed by atoms with van der Waals surface area (Å²) in [5, 5.41) is 19.7. The van der Waals surface area contributed by atoms with Gasteiger partial charge in [-0.25, -0.2) is 0 Å². The molecule has 25 heavy (non-hydrogen) atoms. The number of pyridine rings is 1. The van der Waals surface area contributed by atoms with Crippen LogP contribution in [0.4, 0.5) is 0 Å². The van der Waals surface area contributed by atoms with E-state index in [1.807, 2.05) is 36.0 Å². The van der Waals surface area contributed by atoms with Crippen LogP contribution >= 0.6 is 0 Å². The fraction of sp³-hybridized carbons (Fsp3) is 0.105. The van der Waals surface area contributed by atoms with Crippen LogP contribution in [0.25, 0.3) is 10.9 Å². The maximum absolute atomic E-state index is 9.61. The fourth-order valence-corrected chi connectivity index (χ4v) is 3.29. The lowest BCUT2D eigenvalue weighted by Gasteiger charge is -2.26. The van der Waals surface area contributed by atoms with Gasteiger partial charge in [0, 0.05) is 36.6 Å². The number of nitriles is 2. The smallest absolute Gasteiger partial charge is 0.205 e. The predicted molar refractivity (Wildman–Crippen MR) is 91.2 cm³/mol. The Morgan fingerprint density at radius 3 is 2.80 bits per heavy atom. The zero-order chi connectivity index (χ0) is 17.6. The second kappa shape index (κ2) is 5.40. The third-order valence-electron chi connectivity index (χ3n) is 4.47. The number of ether oxygens (including phenoxy) is 1. The molecule has 0 spiro atoms.